The van der Waals surface area contributed by atoms with Crippen molar-refractivity contribution in [3.8, 4) is 0 Å². The van der Waals surface area contributed by atoms with Crippen LogP contribution in [0.15, 0.2) is 18.2 Å². The Morgan fingerprint density at radius 3 is 2.78 bits per heavy atom. The number of aliphatic hydroxyl groups is 1. The SMILES string of the molecule is CC(=O)N1CCCC(O)(C(=O)N(C)Cc2ccc(Cl)c(F)c2)C1. The molecule has 0 aliphatic carbocycles. The van der Waals surface area contributed by atoms with E-state index in [1.807, 2.05) is 0 Å². The van der Waals surface area contributed by atoms with Crippen molar-refractivity contribution < 1.29 is 19.1 Å². The van der Waals surface area contributed by atoms with Crippen molar-refractivity contribution in [2.75, 3.05) is 20.1 Å². The summed E-state index contributed by atoms with van der Waals surface area (Å²) in [5.74, 6) is -1.19. The van der Waals surface area contributed by atoms with E-state index in [0.717, 1.165) is 0 Å². The molecule has 126 valence electrons. The van der Waals surface area contributed by atoms with Gasteiger partial charge in [0.2, 0.25) is 5.91 Å². The Morgan fingerprint density at radius 1 is 1.48 bits per heavy atom. The molecule has 0 spiro atoms. The van der Waals surface area contributed by atoms with E-state index >= 15 is 0 Å². The lowest BCUT2D eigenvalue weighted by Crippen LogP contribution is -2.58. The minimum absolute atomic E-state index is 0.0134. The highest BCUT2D eigenvalue weighted by atomic mass is 35.5. The number of halogens is 2. The number of likely N-dealkylation sites (tertiary alicyclic amines) is 1. The van der Waals surface area contributed by atoms with Crippen LogP contribution in [0.4, 0.5) is 4.39 Å². The Bertz CT molecular complexity index is 625. The molecule has 1 aliphatic rings. The Labute approximate surface area is 139 Å². The maximum Gasteiger partial charge on any atom is 0.256 e. The van der Waals surface area contributed by atoms with Crippen LogP contribution in [0.25, 0.3) is 0 Å². The second-order valence-electron chi connectivity index (χ2n) is 5.99. The second kappa shape index (κ2) is 6.84. The highest BCUT2D eigenvalue weighted by molar-refractivity contribution is 6.30. The largest absolute Gasteiger partial charge is 0.378 e. The number of carbonyl (C=O) groups excluding carboxylic acids is 2. The van der Waals surface area contributed by atoms with Crippen molar-refractivity contribution in [3.63, 3.8) is 0 Å². The summed E-state index contributed by atoms with van der Waals surface area (Å²) in [4.78, 5) is 26.8. The third-order valence-electron chi connectivity index (χ3n) is 4.06. The van der Waals surface area contributed by atoms with Gasteiger partial charge in [-0.25, -0.2) is 4.39 Å². The summed E-state index contributed by atoms with van der Waals surface area (Å²) in [5.41, 5.74) is -1.02. The van der Waals surface area contributed by atoms with Crippen molar-refractivity contribution in [2.45, 2.75) is 31.9 Å². The molecule has 7 heteroatoms. The number of nitrogens with zero attached hydrogens (tertiary/aromatic N) is 2. The maximum absolute atomic E-state index is 13.5. The Hall–Kier alpha value is -1.66. The van der Waals surface area contributed by atoms with Gasteiger partial charge in [-0.1, -0.05) is 17.7 Å². The van der Waals surface area contributed by atoms with Gasteiger partial charge in [0.1, 0.15) is 5.82 Å². The van der Waals surface area contributed by atoms with Crippen LogP contribution in [0.5, 0.6) is 0 Å². The lowest BCUT2D eigenvalue weighted by molar-refractivity contribution is -0.159. The smallest absolute Gasteiger partial charge is 0.256 e. The van der Waals surface area contributed by atoms with Crippen LogP contribution in [0.3, 0.4) is 0 Å². The number of rotatable bonds is 3. The molecule has 0 saturated carbocycles. The highest BCUT2D eigenvalue weighted by Crippen LogP contribution is 2.24. The minimum atomic E-state index is -1.59. The molecule has 0 bridgehead atoms. The molecule has 1 aromatic rings. The summed E-state index contributed by atoms with van der Waals surface area (Å²) < 4.78 is 13.5. The van der Waals surface area contributed by atoms with Crippen molar-refractivity contribution in [1.82, 2.24) is 9.80 Å². The predicted molar refractivity (Wildman–Crippen MR) is 84.3 cm³/mol. The zero-order chi connectivity index (χ0) is 17.2. The first-order valence-electron chi connectivity index (χ1n) is 7.40. The van der Waals surface area contributed by atoms with Crippen molar-refractivity contribution in [3.05, 3.63) is 34.6 Å². The van der Waals surface area contributed by atoms with Crippen LogP contribution in [0, 0.1) is 5.82 Å². The van der Waals surface area contributed by atoms with E-state index in [1.54, 1.807) is 13.1 Å². The summed E-state index contributed by atoms with van der Waals surface area (Å²) in [6, 6.07) is 4.32. The zero-order valence-corrected chi connectivity index (χ0v) is 13.9. The van der Waals surface area contributed by atoms with Gasteiger partial charge >= 0.3 is 0 Å². The summed E-state index contributed by atoms with van der Waals surface area (Å²) in [6.07, 6.45) is 0.861. The molecule has 5 nitrogen and oxygen atoms in total. The molecule has 1 unspecified atom stereocenters. The van der Waals surface area contributed by atoms with Gasteiger partial charge in [0.05, 0.1) is 11.6 Å². The van der Waals surface area contributed by atoms with E-state index in [4.69, 9.17) is 11.6 Å². The van der Waals surface area contributed by atoms with E-state index in [-0.39, 0.29) is 24.0 Å². The fourth-order valence-corrected chi connectivity index (χ4v) is 2.94. The first-order valence-corrected chi connectivity index (χ1v) is 7.78. The minimum Gasteiger partial charge on any atom is -0.378 e. The van der Waals surface area contributed by atoms with Gasteiger partial charge in [-0.3, -0.25) is 9.59 Å². The number of amides is 2. The van der Waals surface area contributed by atoms with E-state index in [0.29, 0.717) is 24.9 Å². The maximum atomic E-state index is 13.5. The van der Waals surface area contributed by atoms with Crippen molar-refractivity contribution in [1.29, 1.82) is 0 Å². The summed E-state index contributed by atoms with van der Waals surface area (Å²) in [6.45, 7) is 2.09. The molecule has 1 heterocycles. The first-order chi connectivity index (χ1) is 10.7. The lowest BCUT2D eigenvalue weighted by Gasteiger charge is -2.39. The number of hydrogen-bond donors (Lipinski definition) is 1. The standard InChI is InChI=1S/C16H20ClFN2O3/c1-11(21)20-7-3-6-16(23,10-20)15(22)19(2)9-12-4-5-13(17)14(18)8-12/h4-5,8,23H,3,6-7,9-10H2,1-2H3. The highest BCUT2D eigenvalue weighted by Gasteiger charge is 2.42. The van der Waals surface area contributed by atoms with Gasteiger partial charge in [0, 0.05) is 27.1 Å². The normalized spacial score (nSPS) is 21.2. The van der Waals surface area contributed by atoms with Gasteiger partial charge in [-0.2, -0.15) is 0 Å². The Kier molecular flexibility index (Phi) is 5.26. The first kappa shape index (κ1) is 17.7. The molecule has 0 radical (unpaired) electrons. The van der Waals surface area contributed by atoms with Crippen LogP contribution in [-0.2, 0) is 16.1 Å². The molecule has 1 fully saturated rings. The van der Waals surface area contributed by atoms with Gasteiger partial charge in [0.25, 0.3) is 5.91 Å². The monoisotopic (exact) mass is 342 g/mol. The quantitative estimate of drug-likeness (QED) is 0.911. The Morgan fingerprint density at radius 2 is 2.17 bits per heavy atom. The van der Waals surface area contributed by atoms with Crippen LogP contribution < -0.4 is 0 Å². The second-order valence-corrected chi connectivity index (χ2v) is 6.39. The van der Waals surface area contributed by atoms with Gasteiger partial charge < -0.3 is 14.9 Å². The molecule has 2 amide bonds. The van der Waals surface area contributed by atoms with Gasteiger partial charge in [-0.15, -0.1) is 0 Å². The van der Waals surface area contributed by atoms with E-state index in [9.17, 15) is 19.1 Å². The summed E-state index contributed by atoms with van der Waals surface area (Å²) in [7, 11) is 1.54. The number of β-amino-alcohol motifs (C(OH)–C–C–N with tert-alkyl or cyclic N) is 1. The summed E-state index contributed by atoms with van der Waals surface area (Å²) >= 11 is 5.64. The number of piperidine rings is 1. The molecule has 1 saturated heterocycles. The van der Waals surface area contributed by atoms with Crippen molar-refractivity contribution >= 4 is 23.4 Å². The fraction of sp³-hybridized carbons (Fsp3) is 0.500. The molecule has 1 aliphatic heterocycles. The average molecular weight is 343 g/mol. The lowest BCUT2D eigenvalue weighted by atomic mass is 9.91. The molecule has 1 atom stereocenters. The van der Waals surface area contributed by atoms with E-state index in [1.165, 1.54) is 28.9 Å². The Balaban J connectivity index is 2.08. The van der Waals surface area contributed by atoms with Crippen LogP contribution in [0.1, 0.15) is 25.3 Å². The number of benzene rings is 1. The summed E-state index contributed by atoms with van der Waals surface area (Å²) in [5, 5.41) is 10.6. The fourth-order valence-electron chi connectivity index (χ4n) is 2.82. The molecular formula is C16H20ClFN2O3. The van der Waals surface area contributed by atoms with E-state index < -0.39 is 17.3 Å². The third kappa shape index (κ3) is 4.00. The number of likely N-dealkylation sites (N-methyl/N-ethyl adjacent to an activating group) is 1. The molecule has 23 heavy (non-hydrogen) atoms. The molecule has 2 rings (SSSR count). The number of hydrogen-bond acceptors (Lipinski definition) is 3. The predicted octanol–water partition coefficient (Wildman–Crippen LogP) is 1.81. The van der Waals surface area contributed by atoms with Crippen LogP contribution in [0.2, 0.25) is 5.02 Å². The average Bonchev–Trinajstić information content (AvgIpc) is 2.50. The van der Waals surface area contributed by atoms with Gasteiger partial charge in [0.15, 0.2) is 5.60 Å². The van der Waals surface area contributed by atoms with Crippen molar-refractivity contribution in [2.24, 2.45) is 0 Å². The van der Waals surface area contributed by atoms with E-state index in [2.05, 4.69) is 0 Å². The van der Waals surface area contributed by atoms with Gasteiger partial charge in [-0.05, 0) is 30.5 Å². The molecular weight excluding hydrogens is 323 g/mol. The topological polar surface area (TPSA) is 60.9 Å². The molecule has 1 N–H and O–H groups in total. The molecule has 1 aromatic carbocycles. The zero-order valence-electron chi connectivity index (χ0n) is 13.2. The molecule has 0 aromatic heterocycles. The number of carbonyl (C=O) groups is 2. The third-order valence-corrected chi connectivity index (χ3v) is 4.37. The van der Waals surface area contributed by atoms with Crippen LogP contribution >= 0.6 is 11.6 Å². The van der Waals surface area contributed by atoms with Crippen LogP contribution in [-0.4, -0.2) is 52.5 Å².